The molecule has 1 rings (SSSR count). The molecule has 0 saturated carbocycles. The molecule has 0 aromatic carbocycles. The van der Waals surface area contributed by atoms with Crippen LogP contribution < -0.4 is 5.32 Å². The molecule has 0 spiro atoms. The van der Waals surface area contributed by atoms with Gasteiger partial charge in [0.2, 0.25) is 0 Å². The molecule has 17 heavy (non-hydrogen) atoms. The van der Waals surface area contributed by atoms with E-state index < -0.39 is 0 Å². The van der Waals surface area contributed by atoms with Crippen LogP contribution in [-0.2, 0) is 27.4 Å². The average Bonchev–Trinajstić information content (AvgIpc) is 2.76. The zero-order valence-electron chi connectivity index (χ0n) is 10.4. The lowest BCUT2D eigenvalue weighted by Gasteiger charge is -2.03. The zero-order valence-corrected chi connectivity index (χ0v) is 10.4. The van der Waals surface area contributed by atoms with E-state index in [4.69, 9.17) is 18.7 Å². The Labute approximate surface area is 101 Å². The van der Waals surface area contributed by atoms with Crippen molar-refractivity contribution in [2.45, 2.75) is 13.2 Å². The molecule has 6 heteroatoms. The highest BCUT2D eigenvalue weighted by Crippen LogP contribution is 2.04. The highest BCUT2D eigenvalue weighted by atomic mass is 16.5. The fourth-order valence-electron chi connectivity index (χ4n) is 1.22. The van der Waals surface area contributed by atoms with Gasteiger partial charge in [-0.2, -0.15) is 0 Å². The molecule has 0 bridgehead atoms. The lowest BCUT2D eigenvalue weighted by Crippen LogP contribution is -2.08. The molecular weight excluding hydrogens is 224 g/mol. The van der Waals surface area contributed by atoms with Crippen LogP contribution in [0.2, 0.25) is 0 Å². The van der Waals surface area contributed by atoms with Crippen LogP contribution in [0.4, 0.5) is 0 Å². The Morgan fingerprint density at radius 3 is 2.76 bits per heavy atom. The molecule has 1 N–H and O–H groups in total. The van der Waals surface area contributed by atoms with Crippen molar-refractivity contribution >= 4 is 0 Å². The van der Waals surface area contributed by atoms with E-state index in [-0.39, 0.29) is 0 Å². The minimum absolute atomic E-state index is 0.421. The van der Waals surface area contributed by atoms with Gasteiger partial charge in [-0.25, -0.2) is 0 Å². The van der Waals surface area contributed by atoms with E-state index in [1.54, 1.807) is 7.11 Å². The van der Waals surface area contributed by atoms with Crippen molar-refractivity contribution in [3.63, 3.8) is 0 Å². The Morgan fingerprint density at radius 2 is 2.00 bits per heavy atom. The third-order valence-electron chi connectivity index (χ3n) is 2.01. The molecule has 6 nitrogen and oxygen atoms in total. The number of nitrogens with zero attached hydrogens (tertiary/aromatic N) is 1. The standard InChI is InChI=1S/C11H20N2O4/c1-12-8-10-7-11(17-13-10)9-16-6-5-15-4-3-14-2/h7,12H,3-6,8-9H2,1-2H3. The second-order valence-electron chi connectivity index (χ2n) is 3.47. The fourth-order valence-corrected chi connectivity index (χ4v) is 1.22. The van der Waals surface area contributed by atoms with Crippen molar-refractivity contribution in [2.75, 3.05) is 40.6 Å². The number of nitrogens with one attached hydrogen (secondary N) is 1. The van der Waals surface area contributed by atoms with Crippen LogP contribution in [0.5, 0.6) is 0 Å². The van der Waals surface area contributed by atoms with Gasteiger partial charge in [0.1, 0.15) is 6.61 Å². The van der Waals surface area contributed by atoms with Crippen LogP contribution in [0, 0.1) is 0 Å². The van der Waals surface area contributed by atoms with Crippen LogP contribution in [0.25, 0.3) is 0 Å². The van der Waals surface area contributed by atoms with Crippen molar-refractivity contribution in [2.24, 2.45) is 0 Å². The van der Waals surface area contributed by atoms with Crippen LogP contribution in [0.15, 0.2) is 10.6 Å². The number of methoxy groups -OCH3 is 1. The van der Waals surface area contributed by atoms with Gasteiger partial charge in [-0.3, -0.25) is 0 Å². The Kier molecular flexibility index (Phi) is 7.57. The molecule has 0 aliphatic carbocycles. The SMILES string of the molecule is CNCc1cc(COCCOCCOC)on1. The minimum Gasteiger partial charge on any atom is -0.382 e. The van der Waals surface area contributed by atoms with E-state index in [1.807, 2.05) is 13.1 Å². The third-order valence-corrected chi connectivity index (χ3v) is 2.01. The van der Waals surface area contributed by atoms with Crippen LogP contribution in [-0.4, -0.2) is 45.7 Å². The molecular formula is C11H20N2O4. The minimum atomic E-state index is 0.421. The number of hydrogen-bond acceptors (Lipinski definition) is 6. The number of aromatic nitrogens is 1. The molecule has 0 amide bonds. The molecule has 0 aliphatic rings. The zero-order chi connectivity index (χ0) is 12.3. The smallest absolute Gasteiger partial charge is 0.162 e. The fraction of sp³-hybridized carbons (Fsp3) is 0.727. The number of hydrogen-bond donors (Lipinski definition) is 1. The quantitative estimate of drug-likeness (QED) is 0.607. The maximum atomic E-state index is 5.37. The monoisotopic (exact) mass is 244 g/mol. The van der Waals surface area contributed by atoms with Gasteiger partial charge >= 0.3 is 0 Å². The van der Waals surface area contributed by atoms with Gasteiger partial charge in [-0.1, -0.05) is 5.16 Å². The predicted molar refractivity (Wildman–Crippen MR) is 61.6 cm³/mol. The van der Waals surface area contributed by atoms with Gasteiger partial charge in [0.05, 0.1) is 32.1 Å². The first kappa shape index (κ1) is 14.1. The maximum Gasteiger partial charge on any atom is 0.162 e. The van der Waals surface area contributed by atoms with Crippen LogP contribution in [0.3, 0.4) is 0 Å². The van der Waals surface area contributed by atoms with Gasteiger partial charge in [-0.05, 0) is 7.05 Å². The summed E-state index contributed by atoms with van der Waals surface area (Å²) >= 11 is 0. The van der Waals surface area contributed by atoms with Gasteiger partial charge < -0.3 is 24.1 Å². The molecule has 0 aliphatic heterocycles. The van der Waals surface area contributed by atoms with Crippen molar-refractivity contribution < 1.29 is 18.7 Å². The van der Waals surface area contributed by atoms with E-state index in [0.717, 1.165) is 11.5 Å². The van der Waals surface area contributed by atoms with Crippen LogP contribution in [0.1, 0.15) is 11.5 Å². The number of ether oxygens (including phenoxy) is 3. The van der Waals surface area contributed by atoms with Crippen molar-refractivity contribution in [3.8, 4) is 0 Å². The van der Waals surface area contributed by atoms with Gasteiger partial charge in [0.15, 0.2) is 5.76 Å². The summed E-state index contributed by atoms with van der Waals surface area (Å²) in [7, 11) is 3.51. The van der Waals surface area contributed by atoms with Crippen LogP contribution >= 0.6 is 0 Å². The normalized spacial score (nSPS) is 10.9. The highest BCUT2D eigenvalue weighted by molar-refractivity contribution is 5.03. The summed E-state index contributed by atoms with van der Waals surface area (Å²) in [6.07, 6.45) is 0. The van der Waals surface area contributed by atoms with Crippen molar-refractivity contribution in [1.29, 1.82) is 0 Å². The molecule has 1 aromatic heterocycles. The molecule has 0 fully saturated rings. The molecule has 0 atom stereocenters. The van der Waals surface area contributed by atoms with E-state index in [1.165, 1.54) is 0 Å². The first-order valence-corrected chi connectivity index (χ1v) is 5.60. The first-order chi connectivity index (χ1) is 8.36. The lowest BCUT2D eigenvalue weighted by molar-refractivity contribution is 0.0151. The maximum absolute atomic E-state index is 5.37. The summed E-state index contributed by atoms with van der Waals surface area (Å²) in [5.74, 6) is 0.729. The Hall–Kier alpha value is -0.950. The average molecular weight is 244 g/mol. The second-order valence-corrected chi connectivity index (χ2v) is 3.47. The summed E-state index contributed by atoms with van der Waals surface area (Å²) in [6, 6.07) is 1.88. The molecule has 0 radical (unpaired) electrons. The molecule has 0 unspecified atom stereocenters. The molecule has 0 saturated heterocycles. The second kappa shape index (κ2) is 9.12. The van der Waals surface area contributed by atoms with E-state index in [2.05, 4.69) is 10.5 Å². The van der Waals surface area contributed by atoms with Gasteiger partial charge in [-0.15, -0.1) is 0 Å². The Morgan fingerprint density at radius 1 is 1.24 bits per heavy atom. The molecule has 1 aromatic rings. The van der Waals surface area contributed by atoms with E-state index >= 15 is 0 Å². The Bertz CT molecular complexity index is 291. The molecule has 98 valence electrons. The summed E-state index contributed by atoms with van der Waals surface area (Å²) < 4.78 is 20.6. The molecule has 1 heterocycles. The summed E-state index contributed by atoms with van der Waals surface area (Å²) in [4.78, 5) is 0. The summed E-state index contributed by atoms with van der Waals surface area (Å²) in [6.45, 7) is 3.41. The van der Waals surface area contributed by atoms with Gasteiger partial charge in [0.25, 0.3) is 0 Å². The third kappa shape index (κ3) is 6.38. The van der Waals surface area contributed by atoms with E-state index in [0.29, 0.717) is 39.6 Å². The van der Waals surface area contributed by atoms with Crippen molar-refractivity contribution in [3.05, 3.63) is 17.5 Å². The van der Waals surface area contributed by atoms with Gasteiger partial charge in [0, 0.05) is 19.7 Å². The highest BCUT2D eigenvalue weighted by Gasteiger charge is 2.02. The largest absolute Gasteiger partial charge is 0.382 e. The number of rotatable bonds is 10. The summed E-state index contributed by atoms with van der Waals surface area (Å²) in [5, 5.41) is 6.88. The lowest BCUT2D eigenvalue weighted by atomic mass is 10.4. The topological polar surface area (TPSA) is 65.8 Å². The van der Waals surface area contributed by atoms with Crippen molar-refractivity contribution in [1.82, 2.24) is 10.5 Å². The Balaban J connectivity index is 2.01. The predicted octanol–water partition coefficient (Wildman–Crippen LogP) is 0.574. The summed E-state index contributed by atoms with van der Waals surface area (Å²) in [5.41, 5.74) is 0.877. The first-order valence-electron chi connectivity index (χ1n) is 5.60. The van der Waals surface area contributed by atoms with E-state index in [9.17, 15) is 0 Å².